The summed E-state index contributed by atoms with van der Waals surface area (Å²) in [4.78, 5) is 28.2. The molecule has 188 valence electrons. The Hall–Kier alpha value is -3.39. The van der Waals surface area contributed by atoms with Gasteiger partial charge in [-0.2, -0.15) is 14.0 Å². The van der Waals surface area contributed by atoms with Crippen LogP contribution in [0.1, 0.15) is 60.8 Å². The normalized spacial score (nSPS) is 20.5. The van der Waals surface area contributed by atoms with E-state index < -0.39 is 6.61 Å². The molecule has 0 N–H and O–H groups in total. The predicted molar refractivity (Wildman–Crippen MR) is 134 cm³/mol. The molecular weight excluding hydrogens is 486 g/mol. The van der Waals surface area contributed by atoms with E-state index in [1.165, 1.54) is 4.57 Å². The third kappa shape index (κ3) is 4.82. The Kier molecular flexibility index (Phi) is 6.71. The van der Waals surface area contributed by atoms with Crippen molar-refractivity contribution in [3.05, 3.63) is 50.3 Å². The Balaban J connectivity index is 1.37. The highest BCUT2D eigenvalue weighted by Gasteiger charge is 2.32. The first-order valence-corrected chi connectivity index (χ1v) is 12.8. The number of alkyl halides is 2. The van der Waals surface area contributed by atoms with E-state index in [1.54, 1.807) is 36.6 Å². The number of aromatic nitrogens is 3. The molecule has 0 radical (unpaired) electrons. The minimum absolute atomic E-state index is 0.0498. The van der Waals surface area contributed by atoms with Crippen molar-refractivity contribution in [1.29, 1.82) is 5.26 Å². The molecule has 2 aliphatic rings. The first kappa shape index (κ1) is 24.3. The number of hydrogen-bond acceptors (Lipinski definition) is 8. The molecule has 0 saturated heterocycles. The molecular formula is C25H26F2N6O2S. The first-order chi connectivity index (χ1) is 17.4. The minimum Gasteiger partial charge on any atom is -0.370 e. The lowest BCUT2D eigenvalue weighted by Gasteiger charge is -2.36. The van der Waals surface area contributed by atoms with Gasteiger partial charge in [-0.3, -0.25) is 4.79 Å². The van der Waals surface area contributed by atoms with E-state index >= 15 is 0 Å². The highest BCUT2D eigenvalue weighted by atomic mass is 32.1. The molecule has 2 fully saturated rings. The Morgan fingerprint density at radius 3 is 2.67 bits per heavy atom. The number of halogens is 2. The Labute approximate surface area is 210 Å². The van der Waals surface area contributed by atoms with Crippen LogP contribution < -0.4 is 10.5 Å². The Bertz CT molecular complexity index is 1400. The summed E-state index contributed by atoms with van der Waals surface area (Å²) >= 11 is 1.55. The van der Waals surface area contributed by atoms with Crippen molar-refractivity contribution in [1.82, 2.24) is 14.5 Å². The van der Waals surface area contributed by atoms with E-state index in [0.29, 0.717) is 34.0 Å². The Morgan fingerprint density at radius 2 is 2.00 bits per heavy atom. The molecule has 3 aromatic heterocycles. The van der Waals surface area contributed by atoms with Gasteiger partial charge in [-0.05, 0) is 50.7 Å². The monoisotopic (exact) mass is 512 g/mol. The van der Waals surface area contributed by atoms with Crippen molar-refractivity contribution < 1.29 is 13.6 Å². The van der Waals surface area contributed by atoms with Gasteiger partial charge in [-0.25, -0.2) is 9.97 Å². The van der Waals surface area contributed by atoms with Crippen LogP contribution in [0.25, 0.3) is 11.0 Å². The zero-order valence-corrected chi connectivity index (χ0v) is 20.8. The van der Waals surface area contributed by atoms with E-state index in [-0.39, 0.29) is 23.2 Å². The molecule has 0 aromatic carbocycles. The summed E-state index contributed by atoms with van der Waals surface area (Å²) < 4.78 is 27.1. The number of anilines is 1. The number of nitriles is 1. The maximum absolute atomic E-state index is 12.8. The van der Waals surface area contributed by atoms with Gasteiger partial charge in [0.2, 0.25) is 0 Å². The smallest absolute Gasteiger partial charge is 0.370 e. The van der Waals surface area contributed by atoms with Crippen LogP contribution in [0.4, 0.5) is 14.5 Å². The van der Waals surface area contributed by atoms with Crippen LogP contribution in [0, 0.1) is 17.2 Å². The van der Waals surface area contributed by atoms with Crippen molar-refractivity contribution in [3.8, 4) is 6.07 Å². The SMILES string of the molecule is Cn1c(=O)cc(N(C)[C@H]2CC[C@@H](/C(=N/OC(F)F)c3csc(C4CC4)n3)CC2)c2nc(C#N)ccc21. The van der Waals surface area contributed by atoms with Gasteiger partial charge in [-0.15, -0.1) is 11.3 Å². The van der Waals surface area contributed by atoms with Gasteiger partial charge >= 0.3 is 6.61 Å². The third-order valence-corrected chi connectivity index (χ3v) is 8.14. The van der Waals surface area contributed by atoms with Crippen LogP contribution >= 0.6 is 11.3 Å². The fourth-order valence-corrected chi connectivity index (χ4v) is 5.91. The summed E-state index contributed by atoms with van der Waals surface area (Å²) in [6.45, 7) is -2.98. The standard InChI is InChI=1S/C25H26F2N6O2S/c1-32(20-11-21(34)33(2)19-10-7-16(12-28)29-23(19)20)17-8-5-14(6-9-17)22(31-35-25(26)27)18-13-36-24(30-18)15-3-4-15/h7,10-11,13-15,17,25H,3-6,8-9H2,1-2H3/b31-22-/t14-,17+. The highest BCUT2D eigenvalue weighted by Crippen LogP contribution is 2.42. The maximum atomic E-state index is 12.8. The van der Waals surface area contributed by atoms with Gasteiger partial charge < -0.3 is 14.3 Å². The van der Waals surface area contributed by atoms with Crippen LogP contribution in [0.2, 0.25) is 0 Å². The minimum atomic E-state index is -2.98. The molecule has 3 aromatic rings. The van der Waals surface area contributed by atoms with Crippen LogP contribution in [0.15, 0.2) is 33.5 Å². The molecule has 0 unspecified atom stereocenters. The largest absolute Gasteiger partial charge is 0.407 e. The average Bonchev–Trinajstić information content (AvgIpc) is 3.63. The highest BCUT2D eigenvalue weighted by molar-refractivity contribution is 7.10. The van der Waals surface area contributed by atoms with Gasteiger partial charge in [0.25, 0.3) is 5.56 Å². The van der Waals surface area contributed by atoms with Crippen LogP contribution in [0.3, 0.4) is 0 Å². The summed E-state index contributed by atoms with van der Waals surface area (Å²) in [7, 11) is 3.61. The lowest BCUT2D eigenvalue weighted by molar-refractivity contribution is -0.128. The maximum Gasteiger partial charge on any atom is 0.407 e. The van der Waals surface area contributed by atoms with Crippen LogP contribution in [-0.4, -0.2) is 39.9 Å². The molecule has 8 nitrogen and oxygen atoms in total. The summed E-state index contributed by atoms with van der Waals surface area (Å²) in [6.07, 6.45) is 5.21. The summed E-state index contributed by atoms with van der Waals surface area (Å²) in [5, 5.41) is 16.1. The lowest BCUT2D eigenvalue weighted by Crippen LogP contribution is -2.38. The molecule has 11 heteroatoms. The van der Waals surface area contributed by atoms with Gasteiger partial charge in [-0.1, -0.05) is 5.16 Å². The average molecular weight is 513 g/mol. The quantitative estimate of drug-likeness (QED) is 0.334. The second kappa shape index (κ2) is 9.93. The van der Waals surface area contributed by atoms with E-state index in [1.807, 2.05) is 12.4 Å². The summed E-state index contributed by atoms with van der Waals surface area (Å²) in [5.74, 6) is 0.431. The van der Waals surface area contributed by atoms with E-state index in [9.17, 15) is 18.8 Å². The molecule has 0 spiro atoms. The topological polar surface area (TPSA) is 96.4 Å². The van der Waals surface area contributed by atoms with Crippen LogP contribution in [-0.2, 0) is 11.9 Å². The Morgan fingerprint density at radius 1 is 1.25 bits per heavy atom. The molecule has 5 rings (SSSR count). The number of fused-ring (bicyclic) bond motifs is 1. The van der Waals surface area contributed by atoms with Gasteiger partial charge in [0.1, 0.15) is 23.0 Å². The summed E-state index contributed by atoms with van der Waals surface area (Å²) in [6, 6.07) is 7.08. The molecule has 0 atom stereocenters. The van der Waals surface area contributed by atoms with E-state index in [4.69, 9.17) is 0 Å². The van der Waals surface area contributed by atoms with Crippen molar-refractivity contribution in [2.24, 2.45) is 18.1 Å². The van der Waals surface area contributed by atoms with Crippen LogP contribution in [0.5, 0.6) is 0 Å². The molecule has 2 aliphatic carbocycles. The number of rotatable bonds is 7. The molecule has 0 aliphatic heterocycles. The zero-order chi connectivity index (χ0) is 25.4. The van der Waals surface area contributed by atoms with Gasteiger partial charge in [0.05, 0.1) is 21.9 Å². The number of aryl methyl sites for hydroxylation is 1. The molecule has 0 bridgehead atoms. The number of oxime groups is 1. The van der Waals surface area contributed by atoms with Crippen molar-refractivity contribution in [2.75, 3.05) is 11.9 Å². The van der Waals surface area contributed by atoms with Crippen molar-refractivity contribution in [3.63, 3.8) is 0 Å². The molecule has 36 heavy (non-hydrogen) atoms. The van der Waals surface area contributed by atoms with Gasteiger partial charge in [0, 0.05) is 43.4 Å². The van der Waals surface area contributed by atoms with Gasteiger partial charge in [0.15, 0.2) is 0 Å². The second-order valence-corrected chi connectivity index (χ2v) is 10.3. The number of hydrogen-bond donors (Lipinski definition) is 0. The fraction of sp³-hybridized carbons (Fsp3) is 0.480. The summed E-state index contributed by atoms with van der Waals surface area (Å²) in [5.41, 5.74) is 3.18. The van der Waals surface area contributed by atoms with E-state index in [2.05, 4.69) is 30.9 Å². The lowest BCUT2D eigenvalue weighted by atomic mass is 9.81. The molecule has 3 heterocycles. The molecule has 0 amide bonds. The number of thiazole rings is 1. The van der Waals surface area contributed by atoms with Crippen molar-refractivity contribution >= 4 is 33.8 Å². The zero-order valence-electron chi connectivity index (χ0n) is 20.0. The first-order valence-electron chi connectivity index (χ1n) is 12.0. The number of pyridine rings is 2. The number of nitrogens with zero attached hydrogens (tertiary/aromatic N) is 6. The molecule has 2 saturated carbocycles. The van der Waals surface area contributed by atoms with E-state index in [0.717, 1.165) is 43.5 Å². The second-order valence-electron chi connectivity index (χ2n) is 9.41. The predicted octanol–water partition coefficient (Wildman–Crippen LogP) is 4.78. The third-order valence-electron chi connectivity index (χ3n) is 7.14. The fourth-order valence-electron chi connectivity index (χ4n) is 4.93. The van der Waals surface area contributed by atoms with Crippen molar-refractivity contribution in [2.45, 2.75) is 57.1 Å².